The first-order valence-electron chi connectivity index (χ1n) is 6.36. The van der Waals surface area contributed by atoms with Crippen LogP contribution in [0.4, 0.5) is 0 Å². The summed E-state index contributed by atoms with van der Waals surface area (Å²) in [6, 6.07) is 5.99. The van der Waals surface area contributed by atoms with Crippen LogP contribution in [-0.4, -0.2) is 30.1 Å². The molecule has 1 aliphatic heterocycles. The third-order valence-corrected chi connectivity index (χ3v) is 2.44. The first-order chi connectivity index (χ1) is 9.13. The number of ether oxygens (including phenoxy) is 1. The summed E-state index contributed by atoms with van der Waals surface area (Å²) in [7, 11) is 0. The van der Waals surface area contributed by atoms with E-state index in [0.717, 1.165) is 25.8 Å². The third-order valence-electron chi connectivity index (χ3n) is 2.44. The zero-order valence-electron chi connectivity index (χ0n) is 11.0. The zero-order chi connectivity index (χ0) is 14.1. The van der Waals surface area contributed by atoms with Gasteiger partial charge in [0.1, 0.15) is 5.75 Å². The van der Waals surface area contributed by atoms with Gasteiger partial charge in [0.25, 0.3) is 0 Å². The number of rotatable bonds is 3. The molecule has 2 rings (SSSR count). The van der Waals surface area contributed by atoms with Crippen LogP contribution >= 0.6 is 0 Å². The first kappa shape index (κ1) is 15.0. The standard InChI is InChI=1S/C10H12O3.C4H7NO/c1-2-7-13-10(12)8-3-5-9(11)6-4-8;6-4-2-1-3-5-4/h3-6,11H,2,7H2,1H3;1-3H2,(H,5,6). The number of aromatic hydroxyl groups is 1. The Labute approximate surface area is 112 Å². The summed E-state index contributed by atoms with van der Waals surface area (Å²) in [5, 5.41) is 11.6. The van der Waals surface area contributed by atoms with Crippen LogP contribution in [0.1, 0.15) is 36.5 Å². The lowest BCUT2D eigenvalue weighted by molar-refractivity contribution is -0.119. The van der Waals surface area contributed by atoms with E-state index < -0.39 is 0 Å². The molecule has 19 heavy (non-hydrogen) atoms. The predicted octanol–water partition coefficient (Wildman–Crippen LogP) is 1.86. The fraction of sp³-hybridized carbons (Fsp3) is 0.429. The number of nitrogens with one attached hydrogen (secondary N) is 1. The Bertz CT molecular complexity index is 406. The van der Waals surface area contributed by atoms with Crippen LogP contribution in [0.3, 0.4) is 0 Å². The van der Waals surface area contributed by atoms with Gasteiger partial charge in [-0.3, -0.25) is 4.79 Å². The highest BCUT2D eigenvalue weighted by Gasteiger charge is 2.05. The molecular formula is C14H19NO4. The van der Waals surface area contributed by atoms with E-state index in [4.69, 9.17) is 9.84 Å². The van der Waals surface area contributed by atoms with Crippen molar-refractivity contribution in [3.8, 4) is 5.75 Å². The maximum absolute atomic E-state index is 11.2. The Kier molecular flexibility index (Phi) is 6.43. The molecule has 0 saturated carbocycles. The van der Waals surface area contributed by atoms with Gasteiger partial charge in [0.05, 0.1) is 12.2 Å². The second kappa shape index (κ2) is 8.13. The lowest BCUT2D eigenvalue weighted by atomic mass is 10.2. The minimum absolute atomic E-state index is 0.145. The van der Waals surface area contributed by atoms with Crippen molar-refractivity contribution in [2.24, 2.45) is 0 Å². The van der Waals surface area contributed by atoms with Crippen molar-refractivity contribution < 1.29 is 19.4 Å². The normalized spacial score (nSPS) is 13.2. The number of hydrogen-bond acceptors (Lipinski definition) is 4. The molecular weight excluding hydrogens is 246 g/mol. The van der Waals surface area contributed by atoms with Crippen molar-refractivity contribution in [2.75, 3.05) is 13.2 Å². The van der Waals surface area contributed by atoms with Crippen LogP contribution in [0.2, 0.25) is 0 Å². The highest BCUT2D eigenvalue weighted by atomic mass is 16.5. The molecule has 104 valence electrons. The SMILES string of the molecule is CCCOC(=O)c1ccc(O)cc1.O=C1CCCN1. The monoisotopic (exact) mass is 265 g/mol. The van der Waals surface area contributed by atoms with Crippen LogP contribution < -0.4 is 5.32 Å². The molecule has 1 aromatic rings. The summed E-state index contributed by atoms with van der Waals surface area (Å²) in [5.41, 5.74) is 0.464. The van der Waals surface area contributed by atoms with E-state index in [0.29, 0.717) is 12.2 Å². The molecule has 0 atom stereocenters. The summed E-state index contributed by atoms with van der Waals surface area (Å²) in [4.78, 5) is 21.3. The van der Waals surface area contributed by atoms with Crippen molar-refractivity contribution in [3.05, 3.63) is 29.8 Å². The lowest BCUT2D eigenvalue weighted by Crippen LogP contribution is -2.12. The van der Waals surface area contributed by atoms with Gasteiger partial charge >= 0.3 is 5.97 Å². The van der Waals surface area contributed by atoms with Crippen LogP contribution in [0, 0.1) is 0 Å². The van der Waals surface area contributed by atoms with Crippen molar-refractivity contribution in [1.82, 2.24) is 5.32 Å². The van der Waals surface area contributed by atoms with Crippen LogP contribution in [0.5, 0.6) is 5.75 Å². The number of carbonyl (C=O) groups excluding carboxylic acids is 2. The summed E-state index contributed by atoms with van der Waals surface area (Å²) in [6.45, 7) is 3.25. The van der Waals surface area contributed by atoms with E-state index >= 15 is 0 Å². The van der Waals surface area contributed by atoms with E-state index in [1.165, 1.54) is 24.3 Å². The molecule has 0 bridgehead atoms. The Morgan fingerprint density at radius 3 is 2.47 bits per heavy atom. The molecule has 2 N–H and O–H groups in total. The van der Waals surface area contributed by atoms with E-state index in [9.17, 15) is 9.59 Å². The second-order valence-corrected chi connectivity index (χ2v) is 4.14. The minimum atomic E-state index is -0.346. The second-order valence-electron chi connectivity index (χ2n) is 4.14. The van der Waals surface area contributed by atoms with E-state index in [1.54, 1.807) is 0 Å². The zero-order valence-corrected chi connectivity index (χ0v) is 11.0. The van der Waals surface area contributed by atoms with Gasteiger partial charge in [-0.2, -0.15) is 0 Å². The van der Waals surface area contributed by atoms with Gasteiger partial charge in [-0.05, 0) is 37.1 Å². The molecule has 0 spiro atoms. The average molecular weight is 265 g/mol. The molecule has 1 heterocycles. The number of phenolic OH excluding ortho intramolecular Hbond substituents is 1. The number of carbonyl (C=O) groups is 2. The van der Waals surface area contributed by atoms with Gasteiger partial charge in [-0.15, -0.1) is 0 Å². The maximum Gasteiger partial charge on any atom is 0.338 e. The Morgan fingerprint density at radius 2 is 2.05 bits per heavy atom. The van der Waals surface area contributed by atoms with Crippen molar-refractivity contribution in [3.63, 3.8) is 0 Å². The van der Waals surface area contributed by atoms with Crippen molar-refractivity contribution in [2.45, 2.75) is 26.2 Å². The summed E-state index contributed by atoms with van der Waals surface area (Å²) in [5.74, 6) is 0.00360. The molecule has 5 heteroatoms. The van der Waals surface area contributed by atoms with Crippen LogP contribution in [-0.2, 0) is 9.53 Å². The summed E-state index contributed by atoms with van der Waals surface area (Å²) >= 11 is 0. The Morgan fingerprint density at radius 1 is 1.37 bits per heavy atom. The van der Waals surface area contributed by atoms with E-state index in [1.807, 2.05) is 6.92 Å². The minimum Gasteiger partial charge on any atom is -0.508 e. The fourth-order valence-electron chi connectivity index (χ4n) is 1.44. The molecule has 0 aliphatic carbocycles. The van der Waals surface area contributed by atoms with Crippen LogP contribution in [0.15, 0.2) is 24.3 Å². The molecule has 1 fully saturated rings. The Hall–Kier alpha value is -2.04. The number of benzene rings is 1. The number of phenols is 1. The van der Waals surface area contributed by atoms with Gasteiger partial charge in [-0.1, -0.05) is 6.92 Å². The van der Waals surface area contributed by atoms with Gasteiger partial charge in [-0.25, -0.2) is 4.79 Å². The smallest absolute Gasteiger partial charge is 0.338 e. The molecule has 1 aromatic carbocycles. The number of hydrogen-bond donors (Lipinski definition) is 2. The number of esters is 1. The highest BCUT2D eigenvalue weighted by molar-refractivity contribution is 5.89. The summed E-state index contributed by atoms with van der Waals surface area (Å²) in [6.07, 6.45) is 2.57. The van der Waals surface area contributed by atoms with Gasteiger partial charge < -0.3 is 15.2 Å². The molecule has 0 unspecified atom stereocenters. The third kappa shape index (κ3) is 5.90. The summed E-state index contributed by atoms with van der Waals surface area (Å²) < 4.78 is 4.90. The predicted molar refractivity (Wildman–Crippen MR) is 70.9 cm³/mol. The number of amides is 1. The van der Waals surface area contributed by atoms with Crippen molar-refractivity contribution >= 4 is 11.9 Å². The molecule has 1 amide bonds. The largest absolute Gasteiger partial charge is 0.508 e. The van der Waals surface area contributed by atoms with Gasteiger partial charge in [0.15, 0.2) is 0 Å². The molecule has 0 aromatic heterocycles. The molecule has 0 radical (unpaired) electrons. The quantitative estimate of drug-likeness (QED) is 0.818. The molecule has 1 saturated heterocycles. The maximum atomic E-state index is 11.2. The average Bonchev–Trinajstić information content (AvgIpc) is 2.88. The highest BCUT2D eigenvalue weighted by Crippen LogP contribution is 2.10. The van der Waals surface area contributed by atoms with E-state index in [2.05, 4.69) is 5.32 Å². The molecule has 5 nitrogen and oxygen atoms in total. The van der Waals surface area contributed by atoms with Crippen LogP contribution in [0.25, 0.3) is 0 Å². The Balaban J connectivity index is 0.000000250. The van der Waals surface area contributed by atoms with Gasteiger partial charge in [0, 0.05) is 13.0 Å². The topological polar surface area (TPSA) is 75.6 Å². The van der Waals surface area contributed by atoms with E-state index in [-0.39, 0.29) is 17.6 Å². The fourth-order valence-corrected chi connectivity index (χ4v) is 1.44. The first-order valence-corrected chi connectivity index (χ1v) is 6.36. The van der Waals surface area contributed by atoms with Gasteiger partial charge in [0.2, 0.25) is 5.91 Å². The lowest BCUT2D eigenvalue weighted by Gasteiger charge is -2.02. The van der Waals surface area contributed by atoms with Crippen molar-refractivity contribution in [1.29, 1.82) is 0 Å². The molecule has 1 aliphatic rings.